The molecule has 0 fully saturated rings. The number of nitrogens with zero attached hydrogens (tertiary/aromatic N) is 3. The van der Waals surface area contributed by atoms with Crippen molar-refractivity contribution in [2.45, 2.75) is 10.6 Å². The predicted octanol–water partition coefficient (Wildman–Crippen LogP) is 4.94. The molecule has 6 heteroatoms. The number of carbonyl (C=O) groups excluding carboxylic acids is 1. The van der Waals surface area contributed by atoms with Gasteiger partial charge in [-0.05, 0) is 60.7 Å². The molecule has 0 radical (unpaired) electrons. The van der Waals surface area contributed by atoms with Crippen LogP contribution in [0.4, 0.5) is 11.4 Å². The molecule has 0 atom stereocenters. The van der Waals surface area contributed by atoms with Crippen LogP contribution in [-0.2, 0) is 5.75 Å². The molecule has 0 aliphatic rings. The van der Waals surface area contributed by atoms with Crippen LogP contribution in [0.15, 0.2) is 84.0 Å². The highest BCUT2D eigenvalue weighted by Crippen LogP contribution is 2.23. The van der Waals surface area contributed by atoms with Crippen molar-refractivity contribution >= 4 is 34.7 Å². The molecule has 0 aliphatic heterocycles. The molecular weight excluding hydrogens is 380 g/mol. The highest BCUT2D eigenvalue weighted by Gasteiger charge is 2.07. The third-order valence-corrected chi connectivity index (χ3v) is 5.60. The maximum atomic E-state index is 12.5. The second-order valence-electron chi connectivity index (χ2n) is 6.91. The second kappa shape index (κ2) is 8.41. The van der Waals surface area contributed by atoms with Gasteiger partial charge in [-0.3, -0.25) is 4.79 Å². The number of pyridine rings is 1. The molecule has 4 rings (SSSR count). The lowest BCUT2D eigenvalue weighted by atomic mass is 10.2. The van der Waals surface area contributed by atoms with Gasteiger partial charge in [0.1, 0.15) is 5.65 Å². The Labute approximate surface area is 174 Å². The van der Waals surface area contributed by atoms with Crippen LogP contribution in [-0.4, -0.2) is 29.4 Å². The van der Waals surface area contributed by atoms with Crippen molar-refractivity contribution in [2.24, 2.45) is 0 Å². The van der Waals surface area contributed by atoms with E-state index >= 15 is 0 Å². The Kier molecular flexibility index (Phi) is 5.53. The first kappa shape index (κ1) is 19.1. The number of imidazole rings is 1. The van der Waals surface area contributed by atoms with Crippen molar-refractivity contribution in [1.29, 1.82) is 0 Å². The Hall–Kier alpha value is -3.25. The van der Waals surface area contributed by atoms with E-state index in [1.807, 2.05) is 103 Å². The quantitative estimate of drug-likeness (QED) is 0.464. The molecule has 2 aromatic carbocycles. The number of aromatic nitrogens is 2. The van der Waals surface area contributed by atoms with E-state index < -0.39 is 0 Å². The molecule has 1 amide bonds. The summed E-state index contributed by atoms with van der Waals surface area (Å²) in [5.74, 6) is 0.672. The van der Waals surface area contributed by atoms with Crippen LogP contribution in [0.1, 0.15) is 16.1 Å². The Morgan fingerprint density at radius 2 is 1.79 bits per heavy atom. The normalized spacial score (nSPS) is 10.8. The van der Waals surface area contributed by atoms with Crippen molar-refractivity contribution in [2.75, 3.05) is 24.3 Å². The van der Waals surface area contributed by atoms with Crippen molar-refractivity contribution < 1.29 is 4.79 Å². The second-order valence-corrected chi connectivity index (χ2v) is 7.96. The summed E-state index contributed by atoms with van der Waals surface area (Å²) in [5, 5.41) is 2.94. The molecule has 146 valence electrons. The van der Waals surface area contributed by atoms with Crippen molar-refractivity contribution in [1.82, 2.24) is 9.38 Å². The molecule has 2 heterocycles. The molecule has 5 nitrogen and oxygen atoms in total. The van der Waals surface area contributed by atoms with Gasteiger partial charge in [-0.1, -0.05) is 6.07 Å². The van der Waals surface area contributed by atoms with Gasteiger partial charge >= 0.3 is 0 Å². The summed E-state index contributed by atoms with van der Waals surface area (Å²) < 4.78 is 2.02. The molecule has 0 saturated carbocycles. The summed E-state index contributed by atoms with van der Waals surface area (Å²) in [6.07, 6.45) is 4.05. The molecule has 2 aromatic heterocycles. The monoisotopic (exact) mass is 402 g/mol. The zero-order chi connectivity index (χ0) is 20.2. The first-order valence-electron chi connectivity index (χ1n) is 9.33. The van der Waals surface area contributed by atoms with Gasteiger partial charge in [0.25, 0.3) is 5.91 Å². The van der Waals surface area contributed by atoms with Crippen LogP contribution in [0.3, 0.4) is 0 Å². The first-order chi connectivity index (χ1) is 14.1. The van der Waals surface area contributed by atoms with E-state index in [9.17, 15) is 4.79 Å². The van der Waals surface area contributed by atoms with E-state index in [1.165, 1.54) is 0 Å². The molecule has 0 aliphatic carbocycles. The minimum absolute atomic E-state index is 0.112. The van der Waals surface area contributed by atoms with Crippen molar-refractivity contribution in [3.63, 3.8) is 0 Å². The van der Waals surface area contributed by atoms with E-state index in [0.29, 0.717) is 5.56 Å². The third kappa shape index (κ3) is 4.60. The Balaban J connectivity index is 1.36. The minimum atomic E-state index is -0.112. The van der Waals surface area contributed by atoms with Gasteiger partial charge in [0.15, 0.2) is 0 Å². The summed E-state index contributed by atoms with van der Waals surface area (Å²) in [5.41, 5.74) is 4.50. The topological polar surface area (TPSA) is 49.6 Å². The summed E-state index contributed by atoms with van der Waals surface area (Å²) in [4.78, 5) is 20.2. The molecule has 0 unspecified atom stereocenters. The zero-order valence-electron chi connectivity index (χ0n) is 16.4. The number of nitrogens with one attached hydrogen (secondary N) is 1. The maximum Gasteiger partial charge on any atom is 0.255 e. The number of thioether (sulfide) groups is 1. The van der Waals surface area contributed by atoms with Crippen LogP contribution in [0.5, 0.6) is 0 Å². The molecule has 4 aromatic rings. The van der Waals surface area contributed by atoms with Gasteiger partial charge in [-0.15, -0.1) is 11.8 Å². The van der Waals surface area contributed by atoms with Crippen LogP contribution in [0.2, 0.25) is 0 Å². The van der Waals surface area contributed by atoms with Crippen LogP contribution in [0.25, 0.3) is 5.65 Å². The van der Waals surface area contributed by atoms with Gasteiger partial charge in [0.2, 0.25) is 0 Å². The number of hydrogen-bond donors (Lipinski definition) is 1. The fourth-order valence-corrected chi connectivity index (χ4v) is 3.74. The highest BCUT2D eigenvalue weighted by atomic mass is 32.2. The summed E-state index contributed by atoms with van der Waals surface area (Å²) >= 11 is 1.71. The Bertz CT molecular complexity index is 1080. The van der Waals surface area contributed by atoms with Gasteiger partial charge in [0, 0.05) is 54.1 Å². The lowest BCUT2D eigenvalue weighted by Gasteiger charge is -2.13. The van der Waals surface area contributed by atoms with E-state index in [-0.39, 0.29) is 5.91 Å². The number of amides is 1. The number of carbonyl (C=O) groups is 1. The van der Waals surface area contributed by atoms with Gasteiger partial charge in [0.05, 0.1) is 5.69 Å². The lowest BCUT2D eigenvalue weighted by molar-refractivity contribution is 0.102. The average Bonchev–Trinajstić information content (AvgIpc) is 3.16. The van der Waals surface area contributed by atoms with E-state index in [2.05, 4.69) is 10.3 Å². The fraction of sp³-hybridized carbons (Fsp3) is 0.130. The van der Waals surface area contributed by atoms with Gasteiger partial charge in [-0.25, -0.2) is 4.98 Å². The first-order valence-corrected chi connectivity index (χ1v) is 10.3. The molecule has 0 spiro atoms. The molecule has 0 bridgehead atoms. The smallest absolute Gasteiger partial charge is 0.255 e. The summed E-state index contributed by atoms with van der Waals surface area (Å²) in [6.45, 7) is 0. The largest absolute Gasteiger partial charge is 0.378 e. The number of benzene rings is 2. The zero-order valence-corrected chi connectivity index (χ0v) is 17.2. The average molecular weight is 403 g/mol. The summed E-state index contributed by atoms with van der Waals surface area (Å²) in [6, 6.07) is 21.4. The third-order valence-electron chi connectivity index (χ3n) is 4.56. The fourth-order valence-electron chi connectivity index (χ4n) is 2.96. The number of rotatable bonds is 6. The van der Waals surface area contributed by atoms with Crippen molar-refractivity contribution in [3.8, 4) is 0 Å². The molecule has 29 heavy (non-hydrogen) atoms. The summed E-state index contributed by atoms with van der Waals surface area (Å²) in [7, 11) is 3.98. The van der Waals surface area contributed by atoms with E-state index in [4.69, 9.17) is 0 Å². The predicted molar refractivity (Wildman–Crippen MR) is 120 cm³/mol. The molecule has 1 N–H and O–H groups in total. The number of fused-ring (bicyclic) bond motifs is 1. The van der Waals surface area contributed by atoms with Crippen LogP contribution in [0, 0.1) is 0 Å². The Morgan fingerprint density at radius 3 is 2.48 bits per heavy atom. The standard InChI is InChI=1S/C23H22N4OS/c1-26(2)20-10-8-18(9-11-20)25-23(28)17-6-12-21(13-7-17)29-16-19-15-27-14-4-3-5-22(27)24-19/h3-15H,16H2,1-2H3,(H,25,28). The SMILES string of the molecule is CN(C)c1ccc(NC(=O)c2ccc(SCc3cn4ccccc4n3)cc2)cc1. The Morgan fingerprint density at radius 1 is 1.03 bits per heavy atom. The van der Waals surface area contributed by atoms with Gasteiger partial charge in [-0.2, -0.15) is 0 Å². The van der Waals surface area contributed by atoms with E-state index in [1.54, 1.807) is 11.8 Å². The number of hydrogen-bond acceptors (Lipinski definition) is 4. The minimum Gasteiger partial charge on any atom is -0.378 e. The molecular formula is C23H22N4OS. The highest BCUT2D eigenvalue weighted by molar-refractivity contribution is 7.98. The van der Waals surface area contributed by atoms with Crippen LogP contribution < -0.4 is 10.2 Å². The van der Waals surface area contributed by atoms with E-state index in [0.717, 1.165) is 33.4 Å². The lowest BCUT2D eigenvalue weighted by Crippen LogP contribution is -2.12. The van der Waals surface area contributed by atoms with Crippen molar-refractivity contribution in [3.05, 3.63) is 90.4 Å². The molecule has 0 saturated heterocycles. The number of anilines is 2. The van der Waals surface area contributed by atoms with Gasteiger partial charge < -0.3 is 14.6 Å². The van der Waals surface area contributed by atoms with Crippen LogP contribution >= 0.6 is 11.8 Å². The maximum absolute atomic E-state index is 12.5.